The molecule has 0 aliphatic rings. The Hall–Kier alpha value is -0.960. The second-order valence-electron chi connectivity index (χ2n) is 6.19. The Bertz CT molecular complexity index is 833. The molecule has 3 N–H and O–H groups in total. The SMILES string of the molecule is CCOP(=O)(OCC)C(CN(C(=N)N)C(=O)c1cc(Cl)cc(Cl)c1)P(=O)(OCC)OCC. The molecular formula is C18H29Cl2N3O7P2. The number of guanidine groups is 1. The fraction of sp³-hybridized carbons (Fsp3) is 0.556. The summed E-state index contributed by atoms with van der Waals surface area (Å²) in [4.78, 5) is 13.9. The fourth-order valence-electron chi connectivity index (χ4n) is 2.80. The molecule has 1 aromatic carbocycles. The third-order valence-corrected chi connectivity index (χ3v) is 10.4. The van der Waals surface area contributed by atoms with Crippen molar-refractivity contribution < 1.29 is 32.0 Å². The van der Waals surface area contributed by atoms with E-state index in [9.17, 15) is 13.9 Å². The number of nitrogens with one attached hydrogen (secondary N) is 1. The van der Waals surface area contributed by atoms with Crippen LogP contribution < -0.4 is 5.73 Å². The topological polar surface area (TPSA) is 141 Å². The predicted molar refractivity (Wildman–Crippen MR) is 125 cm³/mol. The molecule has 0 saturated heterocycles. The summed E-state index contributed by atoms with van der Waals surface area (Å²) in [5.74, 6) is -1.49. The Labute approximate surface area is 198 Å². The molecule has 32 heavy (non-hydrogen) atoms. The molecule has 0 radical (unpaired) electrons. The van der Waals surface area contributed by atoms with E-state index in [1.807, 2.05) is 0 Å². The first-order chi connectivity index (χ1) is 15.0. The molecule has 0 fully saturated rings. The highest BCUT2D eigenvalue weighted by Gasteiger charge is 2.52. The molecule has 0 unspecified atom stereocenters. The normalized spacial score (nSPS) is 12.2. The summed E-state index contributed by atoms with van der Waals surface area (Å²) in [7, 11) is -8.33. The molecule has 0 atom stereocenters. The predicted octanol–water partition coefficient (Wildman–Crippen LogP) is 5.19. The van der Waals surface area contributed by atoms with Crippen LogP contribution in [0, 0.1) is 5.41 Å². The zero-order chi connectivity index (χ0) is 24.5. The lowest BCUT2D eigenvalue weighted by Crippen LogP contribution is -2.45. The van der Waals surface area contributed by atoms with Gasteiger partial charge in [0.15, 0.2) is 11.4 Å². The smallest absolute Gasteiger partial charge is 0.347 e. The van der Waals surface area contributed by atoms with Crippen molar-refractivity contribution in [1.82, 2.24) is 4.90 Å². The Morgan fingerprint density at radius 2 is 1.31 bits per heavy atom. The van der Waals surface area contributed by atoms with E-state index in [1.54, 1.807) is 27.7 Å². The van der Waals surface area contributed by atoms with Gasteiger partial charge < -0.3 is 23.8 Å². The van der Waals surface area contributed by atoms with Crippen molar-refractivity contribution in [3.05, 3.63) is 33.8 Å². The Kier molecular flexibility index (Phi) is 11.9. The van der Waals surface area contributed by atoms with Crippen molar-refractivity contribution in [1.29, 1.82) is 5.41 Å². The van der Waals surface area contributed by atoms with Gasteiger partial charge in [-0.1, -0.05) is 23.2 Å². The Morgan fingerprint density at radius 3 is 1.62 bits per heavy atom. The number of hydrogen-bond donors (Lipinski definition) is 2. The molecule has 14 heteroatoms. The van der Waals surface area contributed by atoms with Crippen LogP contribution in [0.1, 0.15) is 38.1 Å². The lowest BCUT2D eigenvalue weighted by Gasteiger charge is -2.34. The number of nitrogens with two attached hydrogens (primary N) is 1. The van der Waals surface area contributed by atoms with Gasteiger partial charge in [0.1, 0.15) is 0 Å². The van der Waals surface area contributed by atoms with Gasteiger partial charge in [0.25, 0.3) is 5.91 Å². The number of carbonyl (C=O) groups is 1. The van der Waals surface area contributed by atoms with Gasteiger partial charge in [-0.25, -0.2) is 0 Å². The van der Waals surface area contributed by atoms with Crippen LogP contribution in [0.15, 0.2) is 18.2 Å². The summed E-state index contributed by atoms with van der Waals surface area (Å²) in [6.45, 7) is 5.57. The van der Waals surface area contributed by atoms with Crippen molar-refractivity contribution >= 4 is 50.3 Å². The zero-order valence-corrected chi connectivity index (χ0v) is 21.7. The monoisotopic (exact) mass is 531 g/mol. The van der Waals surface area contributed by atoms with E-state index in [4.69, 9.17) is 52.4 Å². The van der Waals surface area contributed by atoms with Crippen LogP contribution in [0.4, 0.5) is 0 Å². The van der Waals surface area contributed by atoms with Gasteiger partial charge in [0.05, 0.1) is 33.0 Å². The van der Waals surface area contributed by atoms with Crippen molar-refractivity contribution in [2.75, 3.05) is 33.0 Å². The van der Waals surface area contributed by atoms with Gasteiger partial charge in [-0.05, 0) is 45.9 Å². The van der Waals surface area contributed by atoms with Crippen LogP contribution in [0.5, 0.6) is 0 Å². The molecule has 1 aromatic rings. The maximum absolute atomic E-state index is 13.7. The van der Waals surface area contributed by atoms with Crippen LogP contribution in [0.2, 0.25) is 10.0 Å². The molecule has 182 valence electrons. The van der Waals surface area contributed by atoms with Gasteiger partial charge in [0, 0.05) is 15.6 Å². The lowest BCUT2D eigenvalue weighted by molar-refractivity contribution is 0.0843. The summed E-state index contributed by atoms with van der Waals surface area (Å²) < 4.78 is 48.9. The summed E-state index contributed by atoms with van der Waals surface area (Å²) in [6, 6.07) is 4.09. The Balaban J connectivity index is 3.58. The molecule has 10 nitrogen and oxygen atoms in total. The van der Waals surface area contributed by atoms with E-state index in [-0.39, 0.29) is 42.0 Å². The zero-order valence-electron chi connectivity index (χ0n) is 18.4. The van der Waals surface area contributed by atoms with Gasteiger partial charge in [-0.15, -0.1) is 0 Å². The van der Waals surface area contributed by atoms with E-state index < -0.39 is 39.0 Å². The van der Waals surface area contributed by atoms with Crippen LogP contribution in [0.3, 0.4) is 0 Å². The molecule has 0 aromatic heterocycles. The van der Waals surface area contributed by atoms with Gasteiger partial charge in [-0.3, -0.25) is 24.2 Å². The first kappa shape index (κ1) is 29.1. The maximum atomic E-state index is 13.7. The number of benzene rings is 1. The first-order valence-corrected chi connectivity index (χ1v) is 13.8. The largest absolute Gasteiger partial charge is 0.370 e. The van der Waals surface area contributed by atoms with Crippen LogP contribution in [0.25, 0.3) is 0 Å². The molecule has 0 aliphatic carbocycles. The average Bonchev–Trinajstić information content (AvgIpc) is 2.67. The summed E-state index contributed by atoms with van der Waals surface area (Å²) >= 11 is 12.0. The van der Waals surface area contributed by atoms with Gasteiger partial charge in [0.2, 0.25) is 0 Å². The number of amides is 1. The molecule has 1 amide bonds. The van der Waals surface area contributed by atoms with Gasteiger partial charge in [-0.2, -0.15) is 0 Å². The van der Waals surface area contributed by atoms with Crippen LogP contribution in [-0.4, -0.2) is 55.1 Å². The highest BCUT2D eigenvalue weighted by atomic mass is 35.5. The Morgan fingerprint density at radius 1 is 0.938 bits per heavy atom. The van der Waals surface area contributed by atoms with Crippen molar-refractivity contribution in [2.24, 2.45) is 5.73 Å². The molecule has 0 saturated carbocycles. The van der Waals surface area contributed by atoms with Crippen LogP contribution >= 0.6 is 38.4 Å². The minimum atomic E-state index is -4.17. The van der Waals surface area contributed by atoms with E-state index in [0.29, 0.717) is 0 Å². The molecule has 0 heterocycles. The summed E-state index contributed by atoms with van der Waals surface area (Å²) in [5.41, 5.74) is 5.68. The van der Waals surface area contributed by atoms with Crippen molar-refractivity contribution in [3.63, 3.8) is 0 Å². The molecule has 1 rings (SSSR count). The van der Waals surface area contributed by atoms with E-state index in [1.165, 1.54) is 18.2 Å². The number of nitrogens with zero attached hydrogens (tertiary/aromatic N) is 1. The average molecular weight is 532 g/mol. The van der Waals surface area contributed by atoms with Gasteiger partial charge >= 0.3 is 15.2 Å². The standard InChI is InChI=1S/C18H29Cl2N3O7P2/c1-5-27-31(25,28-6-2)16(32(26,29-7-3)30-8-4)12-23(18(21)22)17(24)13-9-14(19)11-15(20)10-13/h9-11,16H,5-8,12H2,1-4H3,(H3,21,22). The second kappa shape index (κ2) is 13.1. The second-order valence-corrected chi connectivity index (χ2v) is 11.9. The highest BCUT2D eigenvalue weighted by molar-refractivity contribution is 7.72. The van der Waals surface area contributed by atoms with E-state index in [0.717, 1.165) is 4.90 Å². The summed E-state index contributed by atoms with van der Waals surface area (Å²) in [6.07, 6.45) is 0. The maximum Gasteiger partial charge on any atom is 0.347 e. The van der Waals surface area contributed by atoms with E-state index in [2.05, 4.69) is 0 Å². The van der Waals surface area contributed by atoms with Crippen LogP contribution in [-0.2, 0) is 27.2 Å². The number of hydrogen-bond acceptors (Lipinski definition) is 8. The quantitative estimate of drug-likeness (QED) is 0.201. The first-order valence-electron chi connectivity index (χ1n) is 9.87. The molecular weight excluding hydrogens is 503 g/mol. The molecule has 0 bridgehead atoms. The van der Waals surface area contributed by atoms with Crippen molar-refractivity contribution in [2.45, 2.75) is 33.1 Å². The highest BCUT2D eigenvalue weighted by Crippen LogP contribution is 2.70. The number of carbonyl (C=O) groups excluding carboxylic acids is 1. The third-order valence-electron chi connectivity index (χ3n) is 3.96. The van der Waals surface area contributed by atoms with Crippen molar-refractivity contribution in [3.8, 4) is 0 Å². The number of halogens is 2. The molecule has 0 aliphatic heterocycles. The minimum absolute atomic E-state index is 0.0155. The van der Waals surface area contributed by atoms with E-state index >= 15 is 0 Å². The number of rotatable bonds is 13. The lowest BCUT2D eigenvalue weighted by atomic mass is 10.2. The fourth-order valence-corrected chi connectivity index (χ4v) is 8.51. The summed E-state index contributed by atoms with van der Waals surface area (Å²) in [5, 5.41) is 6.72. The minimum Gasteiger partial charge on any atom is -0.370 e. The third kappa shape index (κ3) is 7.54. The molecule has 0 spiro atoms.